The Balaban J connectivity index is 2.38. The zero-order valence-electron chi connectivity index (χ0n) is 17.2. The lowest BCUT2D eigenvalue weighted by molar-refractivity contribution is -0.139. The van der Waals surface area contributed by atoms with Crippen LogP contribution in [0.4, 0.5) is 8.78 Å². The van der Waals surface area contributed by atoms with E-state index in [0.717, 1.165) is 6.07 Å². The number of aliphatic carboxylic acids is 1. The highest BCUT2D eigenvalue weighted by Crippen LogP contribution is 2.52. The summed E-state index contributed by atoms with van der Waals surface area (Å²) < 4.78 is 30.3. The van der Waals surface area contributed by atoms with E-state index < -0.39 is 41.0 Å². The van der Waals surface area contributed by atoms with Crippen molar-refractivity contribution >= 4 is 29.2 Å². The molecule has 31 heavy (non-hydrogen) atoms. The maximum Gasteiger partial charge on any atom is 0.321 e. The van der Waals surface area contributed by atoms with Gasteiger partial charge in [0.2, 0.25) is 0 Å². The number of hydrogen-bond donors (Lipinski definition) is 2. The van der Waals surface area contributed by atoms with Gasteiger partial charge >= 0.3 is 5.97 Å². The fourth-order valence-corrected chi connectivity index (χ4v) is 4.88. The minimum Gasteiger partial charge on any atom is -0.480 e. The van der Waals surface area contributed by atoms with Gasteiger partial charge in [0.1, 0.15) is 23.1 Å². The van der Waals surface area contributed by atoms with Gasteiger partial charge in [-0.15, -0.1) is 0 Å². The van der Waals surface area contributed by atoms with Gasteiger partial charge in [-0.3, -0.25) is 10.1 Å². The molecule has 1 aliphatic rings. The van der Waals surface area contributed by atoms with Gasteiger partial charge in [-0.05, 0) is 35.6 Å². The molecule has 0 radical (unpaired) electrons. The van der Waals surface area contributed by atoms with E-state index in [0.29, 0.717) is 6.42 Å². The molecule has 2 N–H and O–H groups in total. The Morgan fingerprint density at radius 2 is 1.94 bits per heavy atom. The second-order valence-corrected chi connectivity index (χ2v) is 9.87. The average molecular weight is 467 g/mol. The van der Waals surface area contributed by atoms with E-state index in [1.54, 1.807) is 0 Å². The van der Waals surface area contributed by atoms with Gasteiger partial charge in [0.25, 0.3) is 0 Å². The highest BCUT2D eigenvalue weighted by molar-refractivity contribution is 6.31. The minimum atomic E-state index is -1.73. The molecule has 4 atom stereocenters. The van der Waals surface area contributed by atoms with Crippen molar-refractivity contribution in [2.75, 3.05) is 0 Å². The molecule has 0 aromatic heterocycles. The van der Waals surface area contributed by atoms with E-state index in [9.17, 15) is 15.2 Å². The van der Waals surface area contributed by atoms with Crippen molar-refractivity contribution in [2.24, 2.45) is 5.41 Å². The summed E-state index contributed by atoms with van der Waals surface area (Å²) in [4.78, 5) is 12.2. The second-order valence-electron chi connectivity index (χ2n) is 9.03. The summed E-state index contributed by atoms with van der Waals surface area (Å²) in [6.45, 7) is 5.79. The van der Waals surface area contributed by atoms with E-state index in [4.69, 9.17) is 23.2 Å². The Kier molecular flexibility index (Phi) is 6.35. The monoisotopic (exact) mass is 466 g/mol. The third-order valence-corrected chi connectivity index (χ3v) is 6.24. The molecule has 0 saturated carbocycles. The van der Waals surface area contributed by atoms with Gasteiger partial charge < -0.3 is 5.11 Å². The number of nitrogens with one attached hydrogen (secondary N) is 1. The molecule has 164 valence electrons. The van der Waals surface area contributed by atoms with Gasteiger partial charge in [-0.2, -0.15) is 5.26 Å². The molecular weight excluding hydrogens is 445 g/mol. The molecule has 1 heterocycles. The molecule has 1 aliphatic heterocycles. The SMILES string of the molecule is CC(C)(C)C[C@@H]1N[C@H](C(=O)O)[C@@H](c2cccc(Cl)c2F)[C@]1(C#N)c1ccc(Cl)cc1F. The van der Waals surface area contributed by atoms with Crippen LogP contribution in [-0.2, 0) is 10.2 Å². The van der Waals surface area contributed by atoms with Crippen LogP contribution in [0, 0.1) is 28.4 Å². The van der Waals surface area contributed by atoms with E-state index in [-0.39, 0.29) is 26.6 Å². The van der Waals surface area contributed by atoms with E-state index in [2.05, 4.69) is 11.4 Å². The average Bonchev–Trinajstić information content (AvgIpc) is 2.97. The fraction of sp³-hybridized carbons (Fsp3) is 0.391. The first-order valence-corrected chi connectivity index (χ1v) is 10.5. The van der Waals surface area contributed by atoms with Crippen LogP contribution in [-0.4, -0.2) is 23.2 Å². The van der Waals surface area contributed by atoms with Crippen LogP contribution in [0.2, 0.25) is 10.0 Å². The van der Waals surface area contributed by atoms with Crippen molar-refractivity contribution in [1.82, 2.24) is 5.32 Å². The molecule has 8 heteroatoms. The van der Waals surface area contributed by atoms with Gasteiger partial charge in [-0.25, -0.2) is 8.78 Å². The fourth-order valence-electron chi connectivity index (χ4n) is 4.54. The third kappa shape index (κ3) is 4.15. The zero-order valence-corrected chi connectivity index (χ0v) is 18.7. The first-order valence-electron chi connectivity index (χ1n) is 9.72. The number of hydrogen-bond acceptors (Lipinski definition) is 3. The summed E-state index contributed by atoms with van der Waals surface area (Å²) in [5.74, 6) is -4.09. The molecule has 0 unspecified atom stereocenters. The normalized spacial score (nSPS) is 25.9. The molecule has 3 rings (SSSR count). The lowest BCUT2D eigenvalue weighted by atomic mass is 9.62. The first kappa shape index (κ1) is 23.5. The summed E-state index contributed by atoms with van der Waals surface area (Å²) in [5.41, 5.74) is -2.15. The summed E-state index contributed by atoms with van der Waals surface area (Å²) in [7, 11) is 0. The summed E-state index contributed by atoms with van der Waals surface area (Å²) in [6, 6.07) is 8.16. The largest absolute Gasteiger partial charge is 0.480 e. The van der Waals surface area contributed by atoms with E-state index >= 15 is 8.78 Å². The van der Waals surface area contributed by atoms with Gasteiger partial charge in [0.15, 0.2) is 0 Å². The molecule has 0 spiro atoms. The molecule has 1 saturated heterocycles. The van der Waals surface area contributed by atoms with Crippen LogP contribution in [0.15, 0.2) is 36.4 Å². The molecule has 4 nitrogen and oxygen atoms in total. The molecule has 2 aromatic rings. The van der Waals surface area contributed by atoms with Crippen LogP contribution < -0.4 is 5.32 Å². The van der Waals surface area contributed by atoms with Crippen molar-refractivity contribution in [3.63, 3.8) is 0 Å². The molecule has 0 amide bonds. The number of carboxylic acids is 1. The summed E-state index contributed by atoms with van der Waals surface area (Å²) >= 11 is 11.9. The number of carboxylic acid groups (broad SMARTS) is 1. The van der Waals surface area contributed by atoms with Crippen molar-refractivity contribution in [2.45, 2.75) is 50.6 Å². The highest BCUT2D eigenvalue weighted by atomic mass is 35.5. The lowest BCUT2D eigenvalue weighted by Crippen LogP contribution is -2.44. The summed E-state index contributed by atoms with van der Waals surface area (Å²) in [6.07, 6.45) is 0.338. The van der Waals surface area contributed by atoms with Crippen molar-refractivity contribution in [1.29, 1.82) is 5.26 Å². The molecule has 0 bridgehead atoms. The van der Waals surface area contributed by atoms with Crippen molar-refractivity contribution in [3.05, 3.63) is 69.2 Å². The molecule has 0 aliphatic carbocycles. The Bertz CT molecular complexity index is 1060. The van der Waals surface area contributed by atoms with E-state index in [1.165, 1.54) is 30.3 Å². The topological polar surface area (TPSA) is 73.1 Å². The molecule has 2 aromatic carbocycles. The number of halogens is 4. The Labute approximate surface area is 189 Å². The van der Waals surface area contributed by atoms with Crippen LogP contribution in [0.3, 0.4) is 0 Å². The predicted molar refractivity (Wildman–Crippen MR) is 115 cm³/mol. The Morgan fingerprint density at radius 3 is 2.48 bits per heavy atom. The number of rotatable bonds is 4. The number of nitrogens with zero attached hydrogens (tertiary/aromatic N) is 1. The third-order valence-electron chi connectivity index (χ3n) is 5.72. The molecule has 1 fully saturated rings. The first-order chi connectivity index (χ1) is 14.4. The van der Waals surface area contributed by atoms with Gasteiger partial charge in [0, 0.05) is 22.5 Å². The van der Waals surface area contributed by atoms with E-state index in [1.807, 2.05) is 20.8 Å². The maximum atomic E-state index is 15.2. The minimum absolute atomic E-state index is 0.0331. The maximum absolute atomic E-state index is 15.2. The van der Waals surface area contributed by atoms with Gasteiger partial charge in [0.05, 0.1) is 11.1 Å². The van der Waals surface area contributed by atoms with Crippen LogP contribution in [0.25, 0.3) is 0 Å². The number of benzene rings is 2. The standard InChI is InChI=1S/C23H22Cl2F2N2O2/c1-22(2,3)10-17-23(11-28,14-8-7-12(24)9-16(14)26)18(20(29-17)21(30)31)13-5-4-6-15(25)19(13)27/h4-9,17-18,20,29H,10H2,1-3H3,(H,30,31)/t17-,18+,20-,23+/m0/s1. The van der Waals surface area contributed by atoms with Crippen molar-refractivity contribution < 1.29 is 18.7 Å². The van der Waals surface area contributed by atoms with Crippen LogP contribution in [0.5, 0.6) is 0 Å². The number of nitriles is 1. The number of carbonyl (C=O) groups is 1. The van der Waals surface area contributed by atoms with Gasteiger partial charge in [-0.1, -0.05) is 62.2 Å². The zero-order chi connectivity index (χ0) is 23.1. The molecular formula is C23H22Cl2F2N2O2. The van der Waals surface area contributed by atoms with Crippen LogP contribution >= 0.6 is 23.2 Å². The smallest absolute Gasteiger partial charge is 0.321 e. The second kappa shape index (κ2) is 8.38. The quantitative estimate of drug-likeness (QED) is 0.607. The highest BCUT2D eigenvalue weighted by Gasteiger charge is 2.61. The van der Waals surface area contributed by atoms with Crippen LogP contribution in [0.1, 0.15) is 44.2 Å². The predicted octanol–water partition coefficient (Wildman–Crippen LogP) is 5.68. The summed E-state index contributed by atoms with van der Waals surface area (Å²) in [5, 5.41) is 23.4. The Hall–Kier alpha value is -2.20. The van der Waals surface area contributed by atoms with Crippen molar-refractivity contribution in [3.8, 4) is 6.07 Å². The lowest BCUT2D eigenvalue weighted by Gasteiger charge is -2.37. The Morgan fingerprint density at radius 1 is 1.26 bits per heavy atom.